The van der Waals surface area contributed by atoms with Crippen LogP contribution in [0.2, 0.25) is 0 Å². The van der Waals surface area contributed by atoms with Gasteiger partial charge in [0.15, 0.2) is 0 Å². The molecule has 0 radical (unpaired) electrons. The molecule has 0 bridgehead atoms. The monoisotopic (exact) mass is 272 g/mol. The van der Waals surface area contributed by atoms with Gasteiger partial charge in [-0.15, -0.1) is 0 Å². The first-order chi connectivity index (χ1) is 9.84. The van der Waals surface area contributed by atoms with Gasteiger partial charge in [0.05, 0.1) is 0 Å². The average molecular weight is 272 g/mol. The molecule has 0 aromatic heterocycles. The summed E-state index contributed by atoms with van der Waals surface area (Å²) in [6.07, 6.45) is 9.30. The molecule has 1 aromatic rings. The maximum absolute atomic E-state index is 6.47. The standard InChI is InChI=1S/C18H28N2/c19-17-10-6-1-2-7-11-18(17)20-13-12-16(14-20)15-8-4-3-5-9-15/h3-5,8-9,16-18H,1-2,6-7,10-14,19H2. The second kappa shape index (κ2) is 6.73. The number of hydrogen-bond acceptors (Lipinski definition) is 2. The highest BCUT2D eigenvalue weighted by Gasteiger charge is 2.32. The Morgan fingerprint density at radius 2 is 1.65 bits per heavy atom. The molecule has 2 N–H and O–H groups in total. The number of likely N-dealkylation sites (tertiary alicyclic amines) is 1. The predicted octanol–water partition coefficient (Wildman–Crippen LogP) is 3.53. The van der Waals surface area contributed by atoms with Gasteiger partial charge in [0.1, 0.15) is 0 Å². The first-order valence-corrected chi connectivity index (χ1v) is 8.39. The lowest BCUT2D eigenvalue weighted by Crippen LogP contribution is -2.47. The summed E-state index contributed by atoms with van der Waals surface area (Å²) in [4.78, 5) is 2.69. The predicted molar refractivity (Wildman–Crippen MR) is 84.8 cm³/mol. The van der Waals surface area contributed by atoms with Gasteiger partial charge < -0.3 is 5.73 Å². The lowest BCUT2D eigenvalue weighted by molar-refractivity contribution is 0.179. The van der Waals surface area contributed by atoms with E-state index in [1.54, 1.807) is 0 Å². The Kier molecular flexibility index (Phi) is 4.74. The maximum Gasteiger partial charge on any atom is 0.0247 e. The molecule has 1 saturated heterocycles. The SMILES string of the molecule is NC1CCCCCCC1N1CCC(c2ccccc2)C1. The van der Waals surface area contributed by atoms with Crippen molar-refractivity contribution in [3.8, 4) is 0 Å². The van der Waals surface area contributed by atoms with Crippen LogP contribution < -0.4 is 5.73 Å². The summed E-state index contributed by atoms with van der Waals surface area (Å²) >= 11 is 0. The quantitative estimate of drug-likeness (QED) is 0.892. The van der Waals surface area contributed by atoms with Crippen LogP contribution in [0.25, 0.3) is 0 Å². The van der Waals surface area contributed by atoms with Crippen LogP contribution in [0.1, 0.15) is 56.4 Å². The zero-order valence-corrected chi connectivity index (χ0v) is 12.5. The second-order valence-electron chi connectivity index (χ2n) is 6.61. The van der Waals surface area contributed by atoms with Crippen molar-refractivity contribution in [2.75, 3.05) is 13.1 Å². The molecular formula is C18H28N2. The van der Waals surface area contributed by atoms with Crippen molar-refractivity contribution in [2.24, 2.45) is 5.73 Å². The van der Waals surface area contributed by atoms with Gasteiger partial charge in [-0.2, -0.15) is 0 Å². The van der Waals surface area contributed by atoms with Crippen LogP contribution in [-0.4, -0.2) is 30.1 Å². The van der Waals surface area contributed by atoms with Crippen LogP contribution in [0, 0.1) is 0 Å². The topological polar surface area (TPSA) is 29.3 Å². The number of benzene rings is 1. The van der Waals surface area contributed by atoms with E-state index in [2.05, 4.69) is 35.2 Å². The van der Waals surface area contributed by atoms with Crippen molar-refractivity contribution < 1.29 is 0 Å². The lowest BCUT2D eigenvalue weighted by atomic mass is 9.92. The summed E-state index contributed by atoms with van der Waals surface area (Å²) in [7, 11) is 0. The minimum absolute atomic E-state index is 0.393. The number of nitrogens with zero attached hydrogens (tertiary/aromatic N) is 1. The van der Waals surface area contributed by atoms with Crippen molar-refractivity contribution in [2.45, 2.75) is 62.9 Å². The molecule has 3 rings (SSSR count). The van der Waals surface area contributed by atoms with E-state index in [0.29, 0.717) is 18.0 Å². The van der Waals surface area contributed by atoms with E-state index in [0.717, 1.165) is 0 Å². The molecule has 1 aliphatic carbocycles. The van der Waals surface area contributed by atoms with E-state index in [-0.39, 0.29) is 0 Å². The van der Waals surface area contributed by atoms with E-state index < -0.39 is 0 Å². The summed E-state index contributed by atoms with van der Waals surface area (Å²) < 4.78 is 0. The Hall–Kier alpha value is -0.860. The molecular weight excluding hydrogens is 244 g/mol. The van der Waals surface area contributed by atoms with E-state index in [9.17, 15) is 0 Å². The minimum Gasteiger partial charge on any atom is -0.326 e. The third kappa shape index (κ3) is 3.24. The second-order valence-corrected chi connectivity index (χ2v) is 6.61. The van der Waals surface area contributed by atoms with Crippen LogP contribution in [0.3, 0.4) is 0 Å². The highest BCUT2D eigenvalue weighted by atomic mass is 15.2. The molecule has 1 saturated carbocycles. The average Bonchev–Trinajstić information content (AvgIpc) is 2.94. The molecule has 3 atom stereocenters. The summed E-state index contributed by atoms with van der Waals surface area (Å²) in [5.74, 6) is 0.717. The Morgan fingerprint density at radius 3 is 2.45 bits per heavy atom. The van der Waals surface area contributed by atoms with Gasteiger partial charge in [-0.05, 0) is 37.3 Å². The Balaban J connectivity index is 1.63. The smallest absolute Gasteiger partial charge is 0.0247 e. The van der Waals surface area contributed by atoms with Crippen LogP contribution >= 0.6 is 0 Å². The highest BCUT2D eigenvalue weighted by molar-refractivity contribution is 5.21. The molecule has 2 nitrogen and oxygen atoms in total. The molecule has 1 aliphatic heterocycles. The number of rotatable bonds is 2. The molecule has 0 amide bonds. The van der Waals surface area contributed by atoms with E-state index in [1.807, 2.05) is 0 Å². The molecule has 2 fully saturated rings. The zero-order chi connectivity index (χ0) is 13.8. The van der Waals surface area contributed by atoms with E-state index >= 15 is 0 Å². The summed E-state index contributed by atoms with van der Waals surface area (Å²) in [5, 5.41) is 0. The fourth-order valence-corrected chi connectivity index (χ4v) is 4.03. The molecule has 1 aromatic carbocycles. The third-order valence-electron chi connectivity index (χ3n) is 5.24. The Morgan fingerprint density at radius 1 is 0.900 bits per heavy atom. The largest absolute Gasteiger partial charge is 0.326 e. The van der Waals surface area contributed by atoms with Crippen molar-refractivity contribution in [3.63, 3.8) is 0 Å². The fraction of sp³-hybridized carbons (Fsp3) is 0.667. The van der Waals surface area contributed by atoms with Gasteiger partial charge in [0.25, 0.3) is 0 Å². The van der Waals surface area contributed by atoms with Gasteiger partial charge in [0, 0.05) is 18.6 Å². The molecule has 20 heavy (non-hydrogen) atoms. The van der Waals surface area contributed by atoms with E-state index in [1.165, 1.54) is 63.6 Å². The summed E-state index contributed by atoms with van der Waals surface area (Å²) in [5.41, 5.74) is 7.98. The maximum atomic E-state index is 6.47. The third-order valence-corrected chi connectivity index (χ3v) is 5.24. The molecule has 2 aliphatic rings. The first-order valence-electron chi connectivity index (χ1n) is 8.39. The molecule has 0 spiro atoms. The Bertz CT molecular complexity index is 403. The normalized spacial score (nSPS) is 32.8. The summed E-state index contributed by atoms with van der Waals surface area (Å²) in [6, 6.07) is 12.0. The highest BCUT2D eigenvalue weighted by Crippen LogP contribution is 2.31. The summed E-state index contributed by atoms with van der Waals surface area (Å²) in [6.45, 7) is 2.44. The minimum atomic E-state index is 0.393. The fourth-order valence-electron chi connectivity index (χ4n) is 4.03. The van der Waals surface area contributed by atoms with Crippen LogP contribution in [0.15, 0.2) is 30.3 Å². The van der Waals surface area contributed by atoms with Crippen LogP contribution in [0.4, 0.5) is 0 Å². The van der Waals surface area contributed by atoms with Crippen molar-refractivity contribution >= 4 is 0 Å². The van der Waals surface area contributed by atoms with Gasteiger partial charge in [-0.3, -0.25) is 4.90 Å². The Labute approximate surface area is 123 Å². The van der Waals surface area contributed by atoms with Crippen molar-refractivity contribution in [3.05, 3.63) is 35.9 Å². The first kappa shape index (κ1) is 14.1. The van der Waals surface area contributed by atoms with Crippen LogP contribution in [0.5, 0.6) is 0 Å². The van der Waals surface area contributed by atoms with E-state index in [4.69, 9.17) is 5.73 Å². The van der Waals surface area contributed by atoms with Crippen molar-refractivity contribution in [1.82, 2.24) is 4.90 Å². The zero-order valence-electron chi connectivity index (χ0n) is 12.5. The van der Waals surface area contributed by atoms with Gasteiger partial charge in [-0.25, -0.2) is 0 Å². The van der Waals surface area contributed by atoms with Gasteiger partial charge in [-0.1, -0.05) is 56.0 Å². The number of nitrogens with two attached hydrogens (primary N) is 1. The molecule has 1 heterocycles. The van der Waals surface area contributed by atoms with Crippen LogP contribution in [-0.2, 0) is 0 Å². The molecule has 3 unspecified atom stereocenters. The van der Waals surface area contributed by atoms with Crippen molar-refractivity contribution in [1.29, 1.82) is 0 Å². The van der Waals surface area contributed by atoms with Gasteiger partial charge in [0.2, 0.25) is 0 Å². The van der Waals surface area contributed by atoms with Gasteiger partial charge >= 0.3 is 0 Å². The number of hydrogen-bond donors (Lipinski definition) is 1. The molecule has 110 valence electrons. The molecule has 2 heteroatoms. The lowest BCUT2D eigenvalue weighted by Gasteiger charge is -2.34.